The maximum Gasteiger partial charge on any atom is 0.140 e. The highest BCUT2D eigenvalue weighted by Crippen LogP contribution is 2.11. The number of nitrogens with two attached hydrogens (primary N) is 1. The summed E-state index contributed by atoms with van der Waals surface area (Å²) in [6.45, 7) is 2.85. The Labute approximate surface area is 110 Å². The minimum absolute atomic E-state index is 0.227. The molecule has 17 heavy (non-hydrogen) atoms. The van der Waals surface area contributed by atoms with Gasteiger partial charge in [0.2, 0.25) is 0 Å². The highest BCUT2D eigenvalue weighted by Gasteiger charge is 2.08. The van der Waals surface area contributed by atoms with E-state index in [-0.39, 0.29) is 11.9 Å². The van der Waals surface area contributed by atoms with Crippen LogP contribution in [0.4, 0.5) is 0 Å². The van der Waals surface area contributed by atoms with Crippen LogP contribution in [0.1, 0.15) is 25.3 Å². The minimum atomic E-state index is 0.227. The molecule has 0 aromatic heterocycles. The molecule has 0 amide bonds. The number of nitrogens with zero attached hydrogens (tertiary/aromatic N) is 1. The van der Waals surface area contributed by atoms with Crippen molar-refractivity contribution in [1.82, 2.24) is 5.32 Å². The second-order valence-corrected chi connectivity index (χ2v) is 4.83. The van der Waals surface area contributed by atoms with Gasteiger partial charge in [-0.15, -0.1) is 0 Å². The van der Waals surface area contributed by atoms with Gasteiger partial charge in [0.15, 0.2) is 0 Å². The lowest BCUT2D eigenvalue weighted by Gasteiger charge is -2.16. The molecule has 94 valence electrons. The molecule has 1 aromatic carbocycles. The summed E-state index contributed by atoms with van der Waals surface area (Å²) < 4.78 is 1.07. The van der Waals surface area contributed by atoms with Crippen LogP contribution in [0.2, 0.25) is 0 Å². The third-order valence-corrected chi connectivity index (χ3v) is 3.05. The Morgan fingerprint density at radius 1 is 1.59 bits per heavy atom. The number of benzene rings is 1. The monoisotopic (exact) mass is 299 g/mol. The van der Waals surface area contributed by atoms with E-state index in [1.165, 1.54) is 5.56 Å². The van der Waals surface area contributed by atoms with E-state index in [0.29, 0.717) is 6.42 Å². The molecular weight excluding hydrogens is 282 g/mol. The van der Waals surface area contributed by atoms with Crippen molar-refractivity contribution in [2.24, 2.45) is 10.9 Å². The second kappa shape index (κ2) is 7.29. The Morgan fingerprint density at radius 3 is 2.94 bits per heavy atom. The Bertz CT molecular complexity index is 382. The standard InChI is InChI=1S/C12H18BrN3O/c1-2-11(7-12(14)16-17)15-8-9-4-3-5-10(13)6-9/h3-6,11,15,17H,2,7-8H2,1H3,(H2,14,16). The van der Waals surface area contributed by atoms with Gasteiger partial charge in [-0.1, -0.05) is 40.1 Å². The van der Waals surface area contributed by atoms with Crippen molar-refractivity contribution in [3.05, 3.63) is 34.3 Å². The second-order valence-electron chi connectivity index (χ2n) is 3.91. The Hall–Kier alpha value is -1.07. The van der Waals surface area contributed by atoms with E-state index in [1.807, 2.05) is 12.1 Å². The quantitative estimate of drug-likeness (QED) is 0.327. The molecule has 4 N–H and O–H groups in total. The van der Waals surface area contributed by atoms with E-state index in [0.717, 1.165) is 17.4 Å². The van der Waals surface area contributed by atoms with Crippen LogP contribution in [0.25, 0.3) is 0 Å². The van der Waals surface area contributed by atoms with Crippen LogP contribution in [-0.4, -0.2) is 17.1 Å². The third-order valence-electron chi connectivity index (χ3n) is 2.56. The molecule has 5 heteroatoms. The molecule has 1 aromatic rings. The van der Waals surface area contributed by atoms with Crippen LogP contribution in [0.3, 0.4) is 0 Å². The number of rotatable bonds is 6. The Morgan fingerprint density at radius 2 is 2.35 bits per heavy atom. The van der Waals surface area contributed by atoms with Gasteiger partial charge >= 0.3 is 0 Å². The number of amidine groups is 1. The van der Waals surface area contributed by atoms with E-state index >= 15 is 0 Å². The summed E-state index contributed by atoms with van der Waals surface area (Å²) >= 11 is 3.44. The first kappa shape index (κ1) is 14.0. The highest BCUT2D eigenvalue weighted by molar-refractivity contribution is 9.10. The average Bonchev–Trinajstić information content (AvgIpc) is 2.34. The topological polar surface area (TPSA) is 70.6 Å². The van der Waals surface area contributed by atoms with Crippen LogP contribution >= 0.6 is 15.9 Å². The van der Waals surface area contributed by atoms with Gasteiger partial charge in [-0.05, 0) is 24.1 Å². The van der Waals surface area contributed by atoms with Crippen LogP contribution in [0, 0.1) is 0 Å². The number of oxime groups is 1. The first-order valence-electron chi connectivity index (χ1n) is 5.60. The minimum Gasteiger partial charge on any atom is -0.409 e. The summed E-state index contributed by atoms with van der Waals surface area (Å²) in [6, 6.07) is 8.37. The van der Waals surface area contributed by atoms with Crippen molar-refractivity contribution >= 4 is 21.8 Å². The molecule has 1 unspecified atom stereocenters. The molecule has 0 saturated heterocycles. The zero-order valence-corrected chi connectivity index (χ0v) is 11.4. The number of hydrogen-bond acceptors (Lipinski definition) is 3. The SMILES string of the molecule is CCC(CC(N)=NO)NCc1cccc(Br)c1. The molecule has 0 aliphatic carbocycles. The lowest BCUT2D eigenvalue weighted by molar-refractivity contribution is 0.315. The van der Waals surface area contributed by atoms with Gasteiger partial charge in [0.1, 0.15) is 5.84 Å². The zero-order valence-electron chi connectivity index (χ0n) is 9.86. The summed E-state index contributed by atoms with van der Waals surface area (Å²) in [5.74, 6) is 0.263. The van der Waals surface area contributed by atoms with Crippen molar-refractivity contribution in [3.63, 3.8) is 0 Å². The molecule has 0 aliphatic rings. The van der Waals surface area contributed by atoms with E-state index in [1.54, 1.807) is 0 Å². The third kappa shape index (κ3) is 5.19. The lowest BCUT2D eigenvalue weighted by Crippen LogP contribution is -2.32. The first-order chi connectivity index (χ1) is 8.15. The number of halogens is 1. The van der Waals surface area contributed by atoms with Gasteiger partial charge in [-0.2, -0.15) is 0 Å². The van der Waals surface area contributed by atoms with E-state index < -0.39 is 0 Å². The van der Waals surface area contributed by atoms with Crippen molar-refractivity contribution in [1.29, 1.82) is 0 Å². The molecule has 0 bridgehead atoms. The molecule has 0 saturated carbocycles. The van der Waals surface area contributed by atoms with Crippen molar-refractivity contribution < 1.29 is 5.21 Å². The maximum atomic E-state index is 8.53. The van der Waals surface area contributed by atoms with E-state index in [4.69, 9.17) is 10.9 Å². The molecule has 0 radical (unpaired) electrons. The van der Waals surface area contributed by atoms with Gasteiger partial charge < -0.3 is 16.3 Å². The summed E-state index contributed by atoms with van der Waals surface area (Å²) in [5.41, 5.74) is 6.70. The summed E-state index contributed by atoms with van der Waals surface area (Å²) in [6.07, 6.45) is 1.49. The maximum absolute atomic E-state index is 8.53. The van der Waals surface area contributed by atoms with Crippen molar-refractivity contribution in [2.75, 3.05) is 0 Å². The Kier molecular flexibility index (Phi) is 6.00. The lowest BCUT2D eigenvalue weighted by atomic mass is 10.1. The first-order valence-corrected chi connectivity index (χ1v) is 6.39. The van der Waals surface area contributed by atoms with Gasteiger partial charge in [0.25, 0.3) is 0 Å². The normalized spacial score (nSPS) is 13.6. The molecule has 1 atom stereocenters. The summed E-state index contributed by atoms with van der Waals surface area (Å²) in [7, 11) is 0. The molecule has 4 nitrogen and oxygen atoms in total. The van der Waals surface area contributed by atoms with Crippen molar-refractivity contribution in [2.45, 2.75) is 32.4 Å². The van der Waals surface area contributed by atoms with E-state index in [9.17, 15) is 0 Å². The van der Waals surface area contributed by atoms with Gasteiger partial charge in [0, 0.05) is 23.5 Å². The fourth-order valence-corrected chi connectivity index (χ4v) is 2.01. The molecule has 0 aliphatic heterocycles. The molecule has 0 spiro atoms. The smallest absolute Gasteiger partial charge is 0.140 e. The van der Waals surface area contributed by atoms with Crippen LogP contribution < -0.4 is 11.1 Å². The predicted molar refractivity (Wildman–Crippen MR) is 73.1 cm³/mol. The van der Waals surface area contributed by atoms with Crippen LogP contribution in [0.5, 0.6) is 0 Å². The molecule has 1 rings (SSSR count). The van der Waals surface area contributed by atoms with E-state index in [2.05, 4.69) is 45.5 Å². The van der Waals surface area contributed by atoms with Gasteiger partial charge in [-0.3, -0.25) is 0 Å². The number of nitrogens with one attached hydrogen (secondary N) is 1. The van der Waals surface area contributed by atoms with Crippen LogP contribution in [-0.2, 0) is 6.54 Å². The average molecular weight is 300 g/mol. The fourth-order valence-electron chi connectivity index (χ4n) is 1.56. The predicted octanol–water partition coefficient (Wildman–Crippen LogP) is 2.45. The number of hydrogen-bond donors (Lipinski definition) is 3. The van der Waals surface area contributed by atoms with Crippen LogP contribution in [0.15, 0.2) is 33.9 Å². The van der Waals surface area contributed by atoms with Gasteiger partial charge in [0.05, 0.1) is 0 Å². The summed E-state index contributed by atoms with van der Waals surface area (Å²) in [5, 5.41) is 14.9. The largest absolute Gasteiger partial charge is 0.409 e. The molecule has 0 heterocycles. The fraction of sp³-hybridized carbons (Fsp3) is 0.417. The molecular formula is C12H18BrN3O. The Balaban J connectivity index is 2.47. The highest BCUT2D eigenvalue weighted by atomic mass is 79.9. The zero-order chi connectivity index (χ0) is 12.7. The van der Waals surface area contributed by atoms with Crippen molar-refractivity contribution in [3.8, 4) is 0 Å². The van der Waals surface area contributed by atoms with Gasteiger partial charge in [-0.25, -0.2) is 0 Å². The summed E-state index contributed by atoms with van der Waals surface area (Å²) in [4.78, 5) is 0. The molecule has 0 fully saturated rings.